The fourth-order valence-electron chi connectivity index (χ4n) is 1.96. The predicted molar refractivity (Wildman–Crippen MR) is 64.6 cm³/mol. The molecule has 0 bridgehead atoms. The molecule has 3 heteroatoms. The molecule has 0 aliphatic heterocycles. The van der Waals surface area contributed by atoms with Gasteiger partial charge in [0.2, 0.25) is 0 Å². The van der Waals surface area contributed by atoms with Crippen LogP contribution in [0.1, 0.15) is 18.4 Å². The number of furan rings is 1. The predicted octanol–water partition coefficient (Wildman–Crippen LogP) is 2.12. The largest absolute Gasteiger partial charge is 0.464 e. The highest BCUT2D eigenvalue weighted by Gasteiger charge is 2.17. The molecular weight excluding hydrogens is 202 g/mol. The van der Waals surface area contributed by atoms with Crippen molar-refractivity contribution >= 4 is 11.0 Å². The smallest absolute Gasteiger partial charge is 0.134 e. The molecule has 0 aliphatic rings. The Bertz CT molecular complexity index is 464. The van der Waals surface area contributed by atoms with Gasteiger partial charge in [0.15, 0.2) is 0 Å². The normalized spacial score (nSPS) is 15.2. The summed E-state index contributed by atoms with van der Waals surface area (Å²) in [6.07, 6.45) is 1.68. The maximum atomic E-state index is 9.43. The fourth-order valence-corrected chi connectivity index (χ4v) is 1.96. The number of fused-ring (bicyclic) bond motifs is 1. The Morgan fingerprint density at radius 3 is 2.88 bits per heavy atom. The number of aliphatic hydroxyl groups is 1. The van der Waals surface area contributed by atoms with E-state index in [0.29, 0.717) is 0 Å². The molecule has 0 fully saturated rings. The summed E-state index contributed by atoms with van der Waals surface area (Å²) in [6.45, 7) is 2.20. The second kappa shape index (κ2) is 4.68. The van der Waals surface area contributed by atoms with E-state index in [4.69, 9.17) is 4.42 Å². The zero-order valence-corrected chi connectivity index (χ0v) is 9.60. The lowest BCUT2D eigenvalue weighted by atomic mass is 9.93. The van der Waals surface area contributed by atoms with Crippen molar-refractivity contribution < 1.29 is 9.52 Å². The van der Waals surface area contributed by atoms with Crippen molar-refractivity contribution in [2.45, 2.75) is 18.9 Å². The van der Waals surface area contributed by atoms with Gasteiger partial charge >= 0.3 is 0 Å². The minimum absolute atomic E-state index is 0.0968. The van der Waals surface area contributed by atoms with Crippen LogP contribution in [0.5, 0.6) is 0 Å². The molecule has 86 valence electrons. The second-order valence-corrected chi connectivity index (χ2v) is 4.08. The van der Waals surface area contributed by atoms with Gasteiger partial charge in [-0.1, -0.05) is 12.1 Å². The third-order valence-electron chi connectivity index (χ3n) is 3.16. The molecular formula is C13H17NO2. The molecule has 0 aliphatic carbocycles. The minimum atomic E-state index is 0.0968. The zero-order valence-electron chi connectivity index (χ0n) is 9.60. The molecule has 0 amide bonds. The van der Waals surface area contributed by atoms with Gasteiger partial charge < -0.3 is 14.8 Å². The Labute approximate surface area is 95.1 Å². The number of nitrogens with one attached hydrogen (secondary N) is 1. The first kappa shape index (κ1) is 11.2. The van der Waals surface area contributed by atoms with E-state index >= 15 is 0 Å². The summed E-state index contributed by atoms with van der Waals surface area (Å²) < 4.78 is 5.36. The van der Waals surface area contributed by atoms with E-state index in [0.717, 1.165) is 16.5 Å². The Hall–Kier alpha value is -1.32. The highest BCUT2D eigenvalue weighted by atomic mass is 16.3. The summed E-state index contributed by atoms with van der Waals surface area (Å²) in [4.78, 5) is 0. The van der Waals surface area contributed by atoms with E-state index in [1.165, 1.54) is 0 Å². The van der Waals surface area contributed by atoms with Gasteiger partial charge in [-0.2, -0.15) is 0 Å². The lowest BCUT2D eigenvalue weighted by Gasteiger charge is -2.21. The molecule has 1 heterocycles. The first-order valence-corrected chi connectivity index (χ1v) is 5.51. The maximum absolute atomic E-state index is 9.43. The van der Waals surface area contributed by atoms with Gasteiger partial charge in [-0.3, -0.25) is 0 Å². The number of hydrogen-bond donors (Lipinski definition) is 2. The molecule has 2 aromatic rings. The van der Waals surface area contributed by atoms with Crippen LogP contribution in [0, 0.1) is 0 Å². The third kappa shape index (κ3) is 1.96. The SMILES string of the molecule is CN[C@H](C)C(CO)c1ccc2ccoc2c1. The summed E-state index contributed by atoms with van der Waals surface area (Å²) in [5.41, 5.74) is 1.98. The second-order valence-electron chi connectivity index (χ2n) is 4.08. The lowest BCUT2D eigenvalue weighted by Crippen LogP contribution is -2.30. The zero-order chi connectivity index (χ0) is 11.5. The van der Waals surface area contributed by atoms with Crippen LogP contribution in [0.25, 0.3) is 11.0 Å². The Kier molecular flexibility index (Phi) is 3.27. The van der Waals surface area contributed by atoms with Gasteiger partial charge in [-0.25, -0.2) is 0 Å². The van der Waals surface area contributed by atoms with Crippen molar-refractivity contribution in [2.24, 2.45) is 0 Å². The maximum Gasteiger partial charge on any atom is 0.134 e. The Balaban J connectivity index is 2.36. The lowest BCUT2D eigenvalue weighted by molar-refractivity contribution is 0.243. The number of rotatable bonds is 4. The van der Waals surface area contributed by atoms with Crippen LogP contribution in [0.4, 0.5) is 0 Å². The van der Waals surface area contributed by atoms with Gasteiger partial charge in [-0.15, -0.1) is 0 Å². The van der Waals surface area contributed by atoms with Crippen molar-refractivity contribution in [3.8, 4) is 0 Å². The molecule has 1 aromatic heterocycles. The first-order chi connectivity index (χ1) is 7.76. The van der Waals surface area contributed by atoms with Gasteiger partial charge in [0.05, 0.1) is 12.9 Å². The van der Waals surface area contributed by atoms with E-state index < -0.39 is 0 Å². The summed E-state index contributed by atoms with van der Waals surface area (Å²) in [5, 5.41) is 13.7. The number of aliphatic hydroxyl groups excluding tert-OH is 1. The average Bonchev–Trinajstić information content (AvgIpc) is 2.77. The Morgan fingerprint density at radius 2 is 2.19 bits per heavy atom. The standard InChI is InChI=1S/C13H17NO2/c1-9(14-2)12(8-15)11-4-3-10-5-6-16-13(10)7-11/h3-7,9,12,14-15H,8H2,1-2H3/t9-,12?/m1/s1. The molecule has 2 atom stereocenters. The van der Waals surface area contributed by atoms with Gasteiger partial charge in [0.25, 0.3) is 0 Å². The summed E-state index contributed by atoms with van der Waals surface area (Å²) in [6, 6.07) is 8.25. The van der Waals surface area contributed by atoms with E-state index in [1.54, 1.807) is 6.26 Å². The quantitative estimate of drug-likeness (QED) is 0.828. The molecule has 0 saturated carbocycles. The van der Waals surface area contributed by atoms with Crippen LogP contribution >= 0.6 is 0 Å². The van der Waals surface area contributed by atoms with Crippen LogP contribution in [0.3, 0.4) is 0 Å². The molecule has 0 radical (unpaired) electrons. The van der Waals surface area contributed by atoms with Gasteiger partial charge in [-0.05, 0) is 31.7 Å². The van der Waals surface area contributed by atoms with Crippen molar-refractivity contribution in [3.63, 3.8) is 0 Å². The van der Waals surface area contributed by atoms with E-state index in [9.17, 15) is 5.11 Å². The van der Waals surface area contributed by atoms with Crippen molar-refractivity contribution in [3.05, 3.63) is 36.1 Å². The summed E-state index contributed by atoms with van der Waals surface area (Å²) in [7, 11) is 1.90. The van der Waals surface area contributed by atoms with E-state index in [2.05, 4.69) is 12.2 Å². The van der Waals surface area contributed by atoms with Crippen molar-refractivity contribution in [1.82, 2.24) is 5.32 Å². The van der Waals surface area contributed by atoms with E-state index in [-0.39, 0.29) is 18.6 Å². The molecule has 3 nitrogen and oxygen atoms in total. The first-order valence-electron chi connectivity index (χ1n) is 5.51. The van der Waals surface area contributed by atoms with Gasteiger partial charge in [0.1, 0.15) is 5.58 Å². The summed E-state index contributed by atoms with van der Waals surface area (Å²) in [5.74, 6) is 0.0968. The Morgan fingerprint density at radius 1 is 1.38 bits per heavy atom. The van der Waals surface area contributed by atoms with Crippen LogP contribution in [-0.2, 0) is 0 Å². The van der Waals surface area contributed by atoms with Crippen LogP contribution in [0.15, 0.2) is 34.9 Å². The van der Waals surface area contributed by atoms with Crippen LogP contribution in [0.2, 0.25) is 0 Å². The monoisotopic (exact) mass is 219 g/mol. The highest BCUT2D eigenvalue weighted by molar-refractivity contribution is 5.77. The molecule has 16 heavy (non-hydrogen) atoms. The molecule has 2 N–H and O–H groups in total. The number of hydrogen-bond acceptors (Lipinski definition) is 3. The molecule has 0 saturated heterocycles. The number of benzene rings is 1. The molecule has 0 spiro atoms. The van der Waals surface area contributed by atoms with E-state index in [1.807, 2.05) is 31.3 Å². The molecule has 1 aromatic carbocycles. The topological polar surface area (TPSA) is 45.4 Å². The average molecular weight is 219 g/mol. The van der Waals surface area contributed by atoms with Crippen LogP contribution < -0.4 is 5.32 Å². The minimum Gasteiger partial charge on any atom is -0.464 e. The van der Waals surface area contributed by atoms with Crippen molar-refractivity contribution in [1.29, 1.82) is 0 Å². The third-order valence-corrected chi connectivity index (χ3v) is 3.16. The van der Waals surface area contributed by atoms with Crippen LogP contribution in [-0.4, -0.2) is 24.8 Å². The molecule has 2 rings (SSSR count). The summed E-state index contributed by atoms with van der Waals surface area (Å²) >= 11 is 0. The van der Waals surface area contributed by atoms with Gasteiger partial charge in [0, 0.05) is 17.3 Å². The fraction of sp³-hybridized carbons (Fsp3) is 0.385. The highest BCUT2D eigenvalue weighted by Crippen LogP contribution is 2.24. The van der Waals surface area contributed by atoms with Crippen molar-refractivity contribution in [2.75, 3.05) is 13.7 Å². The molecule has 1 unspecified atom stereocenters. The number of likely N-dealkylation sites (N-methyl/N-ethyl adjacent to an activating group) is 1.